The van der Waals surface area contributed by atoms with Gasteiger partial charge in [0.05, 0.1) is 25.2 Å². The number of ether oxygens (including phenoxy) is 2. The summed E-state index contributed by atoms with van der Waals surface area (Å²) in [6, 6.07) is 10.1. The number of carbonyl (C=O) groups excluding carboxylic acids is 1. The summed E-state index contributed by atoms with van der Waals surface area (Å²) in [5.41, 5.74) is 0.850. The molecule has 0 aliphatic heterocycles. The van der Waals surface area contributed by atoms with Crippen LogP contribution in [-0.4, -0.2) is 19.2 Å². The van der Waals surface area contributed by atoms with Gasteiger partial charge in [-0.2, -0.15) is 0 Å². The van der Waals surface area contributed by atoms with Gasteiger partial charge in [0.15, 0.2) is 0 Å². The van der Waals surface area contributed by atoms with Gasteiger partial charge in [0.25, 0.3) is 0 Å². The van der Waals surface area contributed by atoms with Gasteiger partial charge in [-0.1, -0.05) is 30.3 Å². The third-order valence-corrected chi connectivity index (χ3v) is 3.58. The monoisotopic (exact) mass is 248 g/mol. The molecular formula is C15H20O3. The highest BCUT2D eigenvalue weighted by Crippen LogP contribution is 2.53. The van der Waals surface area contributed by atoms with Crippen LogP contribution >= 0.6 is 0 Å². The zero-order valence-corrected chi connectivity index (χ0v) is 11.0. The van der Waals surface area contributed by atoms with Gasteiger partial charge < -0.3 is 9.47 Å². The largest absolute Gasteiger partial charge is 0.466 e. The summed E-state index contributed by atoms with van der Waals surface area (Å²) >= 11 is 0. The van der Waals surface area contributed by atoms with Crippen LogP contribution in [0.1, 0.15) is 25.8 Å². The van der Waals surface area contributed by atoms with Crippen LogP contribution in [0.5, 0.6) is 0 Å². The maximum Gasteiger partial charge on any atom is 0.312 e. The molecule has 0 heterocycles. The number of carbonyl (C=O) groups is 1. The van der Waals surface area contributed by atoms with E-state index in [9.17, 15) is 4.79 Å². The maximum atomic E-state index is 11.7. The van der Waals surface area contributed by atoms with E-state index in [0.717, 1.165) is 12.0 Å². The van der Waals surface area contributed by atoms with E-state index < -0.39 is 0 Å². The van der Waals surface area contributed by atoms with Crippen molar-refractivity contribution in [3.05, 3.63) is 35.9 Å². The highest BCUT2D eigenvalue weighted by Gasteiger charge is 2.57. The molecule has 0 aromatic heterocycles. The van der Waals surface area contributed by atoms with Crippen LogP contribution in [0.25, 0.3) is 0 Å². The molecular weight excluding hydrogens is 228 g/mol. The number of rotatable bonds is 6. The highest BCUT2D eigenvalue weighted by molar-refractivity contribution is 5.80. The minimum absolute atomic E-state index is 0.0849. The van der Waals surface area contributed by atoms with E-state index in [1.165, 1.54) is 0 Å². The first-order chi connectivity index (χ1) is 8.66. The Morgan fingerprint density at radius 3 is 2.78 bits per heavy atom. The highest BCUT2D eigenvalue weighted by atomic mass is 16.5. The van der Waals surface area contributed by atoms with Gasteiger partial charge in [0.2, 0.25) is 0 Å². The van der Waals surface area contributed by atoms with Crippen LogP contribution in [-0.2, 0) is 20.9 Å². The molecule has 2 atom stereocenters. The van der Waals surface area contributed by atoms with Crippen molar-refractivity contribution in [2.45, 2.75) is 26.9 Å². The number of esters is 1. The third-order valence-electron chi connectivity index (χ3n) is 3.58. The van der Waals surface area contributed by atoms with Gasteiger partial charge in [0, 0.05) is 0 Å². The van der Waals surface area contributed by atoms with Crippen molar-refractivity contribution in [2.24, 2.45) is 11.3 Å². The van der Waals surface area contributed by atoms with E-state index in [0.29, 0.717) is 25.7 Å². The van der Waals surface area contributed by atoms with Crippen molar-refractivity contribution in [1.29, 1.82) is 0 Å². The fourth-order valence-electron chi connectivity index (χ4n) is 2.14. The predicted molar refractivity (Wildman–Crippen MR) is 68.9 cm³/mol. The lowest BCUT2D eigenvalue weighted by Gasteiger charge is -2.10. The summed E-state index contributed by atoms with van der Waals surface area (Å²) < 4.78 is 10.7. The molecule has 3 heteroatoms. The molecule has 98 valence electrons. The van der Waals surface area contributed by atoms with E-state index in [1.807, 2.05) is 44.2 Å². The van der Waals surface area contributed by atoms with Crippen LogP contribution in [0.4, 0.5) is 0 Å². The second-order valence-electron chi connectivity index (χ2n) is 5.04. The first-order valence-corrected chi connectivity index (χ1v) is 6.45. The molecule has 1 aromatic rings. The zero-order valence-electron chi connectivity index (χ0n) is 11.0. The lowest BCUT2D eigenvalue weighted by molar-refractivity contribution is -0.149. The molecule has 0 amide bonds. The smallest absolute Gasteiger partial charge is 0.312 e. The Morgan fingerprint density at radius 2 is 2.11 bits per heavy atom. The quantitative estimate of drug-likeness (QED) is 0.726. The Hall–Kier alpha value is -1.35. The molecule has 0 radical (unpaired) electrons. The van der Waals surface area contributed by atoms with Gasteiger partial charge >= 0.3 is 5.97 Å². The average Bonchev–Trinajstić information content (AvgIpc) is 3.04. The minimum Gasteiger partial charge on any atom is -0.466 e. The Bertz CT molecular complexity index is 401. The molecule has 0 unspecified atom stereocenters. The predicted octanol–water partition coefficient (Wildman–Crippen LogP) is 2.79. The summed E-state index contributed by atoms with van der Waals surface area (Å²) in [6.45, 7) is 5.48. The molecule has 3 nitrogen and oxygen atoms in total. The Labute approximate surface area is 108 Å². The number of benzene rings is 1. The van der Waals surface area contributed by atoms with Crippen molar-refractivity contribution >= 4 is 5.97 Å². The maximum absolute atomic E-state index is 11.7. The lowest BCUT2D eigenvalue weighted by Crippen LogP contribution is -2.19. The molecule has 1 saturated carbocycles. The van der Waals surface area contributed by atoms with Gasteiger partial charge in [-0.05, 0) is 31.7 Å². The number of hydrogen-bond donors (Lipinski definition) is 0. The van der Waals surface area contributed by atoms with Crippen LogP contribution < -0.4 is 0 Å². The van der Waals surface area contributed by atoms with Crippen molar-refractivity contribution in [3.8, 4) is 0 Å². The van der Waals surface area contributed by atoms with Crippen LogP contribution in [0.15, 0.2) is 30.3 Å². The first kappa shape index (κ1) is 13.1. The first-order valence-electron chi connectivity index (χ1n) is 6.45. The molecule has 0 N–H and O–H groups in total. The summed E-state index contributed by atoms with van der Waals surface area (Å²) in [7, 11) is 0. The van der Waals surface area contributed by atoms with Crippen LogP contribution in [0, 0.1) is 11.3 Å². The van der Waals surface area contributed by atoms with Gasteiger partial charge in [-0.15, -0.1) is 0 Å². The zero-order chi connectivity index (χ0) is 13.0. The summed E-state index contributed by atoms with van der Waals surface area (Å²) in [4.78, 5) is 11.7. The van der Waals surface area contributed by atoms with Gasteiger partial charge in [0.1, 0.15) is 0 Å². The van der Waals surface area contributed by atoms with Crippen LogP contribution in [0.2, 0.25) is 0 Å². The van der Waals surface area contributed by atoms with E-state index in [-0.39, 0.29) is 11.4 Å². The van der Waals surface area contributed by atoms with Crippen molar-refractivity contribution < 1.29 is 14.3 Å². The van der Waals surface area contributed by atoms with Crippen molar-refractivity contribution in [1.82, 2.24) is 0 Å². The molecule has 0 bridgehead atoms. The fourth-order valence-corrected chi connectivity index (χ4v) is 2.14. The molecule has 0 saturated heterocycles. The minimum atomic E-state index is -0.313. The second-order valence-corrected chi connectivity index (χ2v) is 5.04. The van der Waals surface area contributed by atoms with E-state index in [2.05, 4.69) is 0 Å². The SMILES string of the molecule is CCOC(=O)[C@]1(C)C[C@@H]1COCc1ccccc1. The normalized spacial score (nSPS) is 25.8. The summed E-state index contributed by atoms with van der Waals surface area (Å²) in [5, 5.41) is 0. The standard InChI is InChI=1S/C15H20O3/c1-3-18-14(16)15(2)9-13(15)11-17-10-12-7-5-4-6-8-12/h4-8,13H,3,9-11H2,1-2H3/t13-,15-/m1/s1. The Balaban J connectivity index is 1.72. The van der Waals surface area contributed by atoms with Crippen LogP contribution in [0.3, 0.4) is 0 Å². The fraction of sp³-hybridized carbons (Fsp3) is 0.533. The Morgan fingerprint density at radius 1 is 1.39 bits per heavy atom. The summed E-state index contributed by atoms with van der Waals surface area (Å²) in [6.07, 6.45) is 0.876. The Kier molecular flexibility index (Phi) is 4.02. The molecule has 1 aliphatic carbocycles. The van der Waals surface area contributed by atoms with Crippen molar-refractivity contribution in [3.63, 3.8) is 0 Å². The van der Waals surface area contributed by atoms with Gasteiger partial charge in [-0.3, -0.25) is 4.79 Å². The molecule has 1 fully saturated rings. The number of hydrogen-bond acceptors (Lipinski definition) is 3. The third kappa shape index (κ3) is 2.91. The summed E-state index contributed by atoms with van der Waals surface area (Å²) in [5.74, 6) is 0.221. The molecule has 18 heavy (non-hydrogen) atoms. The van der Waals surface area contributed by atoms with Crippen molar-refractivity contribution in [2.75, 3.05) is 13.2 Å². The molecule has 1 aliphatic rings. The molecule has 1 aromatic carbocycles. The molecule has 2 rings (SSSR count). The topological polar surface area (TPSA) is 35.5 Å². The van der Waals surface area contributed by atoms with Gasteiger partial charge in [-0.25, -0.2) is 0 Å². The lowest BCUT2D eigenvalue weighted by atomic mass is 10.1. The van der Waals surface area contributed by atoms with E-state index >= 15 is 0 Å². The average molecular weight is 248 g/mol. The molecule has 0 spiro atoms. The second kappa shape index (κ2) is 5.53. The van der Waals surface area contributed by atoms with E-state index in [4.69, 9.17) is 9.47 Å². The van der Waals surface area contributed by atoms with E-state index in [1.54, 1.807) is 0 Å².